The molecule has 0 fully saturated rings. The van der Waals surface area contributed by atoms with E-state index in [0.717, 1.165) is 60.5 Å². The second-order valence-corrected chi connectivity index (χ2v) is 7.75. The Morgan fingerprint density at radius 3 is 2.60 bits per heavy atom. The highest BCUT2D eigenvalue weighted by atomic mass is 16.5. The molecule has 1 aromatic heterocycles. The predicted molar refractivity (Wildman–Crippen MR) is 122 cm³/mol. The molecule has 0 radical (unpaired) electrons. The van der Waals surface area contributed by atoms with E-state index in [2.05, 4.69) is 34.7 Å². The largest absolute Gasteiger partial charge is 0.497 e. The van der Waals surface area contributed by atoms with Crippen LogP contribution in [0.5, 0.6) is 5.75 Å². The number of carbonyl (C=O) groups excluding carboxylic acids is 1. The number of carbonyl (C=O) groups is 1. The summed E-state index contributed by atoms with van der Waals surface area (Å²) in [5.74, 6) is 1.97. The molecule has 3 aromatic rings. The maximum atomic E-state index is 12.1. The molecule has 0 unspecified atom stereocenters. The van der Waals surface area contributed by atoms with Crippen LogP contribution in [0.3, 0.4) is 0 Å². The number of unbranched alkanes of at least 4 members (excludes halogenated alkanes) is 2. The van der Waals surface area contributed by atoms with Crippen molar-refractivity contribution in [2.24, 2.45) is 0 Å². The summed E-state index contributed by atoms with van der Waals surface area (Å²) in [4.78, 5) is 16.9. The fourth-order valence-corrected chi connectivity index (χ4v) is 3.57. The molecule has 3 rings (SSSR count). The van der Waals surface area contributed by atoms with E-state index in [0.29, 0.717) is 13.0 Å². The lowest BCUT2D eigenvalue weighted by atomic mass is 10.1. The number of allylic oxidation sites excluding steroid dienone is 1. The van der Waals surface area contributed by atoms with Crippen molar-refractivity contribution in [1.29, 1.82) is 0 Å². The van der Waals surface area contributed by atoms with Gasteiger partial charge in [0.15, 0.2) is 0 Å². The van der Waals surface area contributed by atoms with Gasteiger partial charge in [0, 0.05) is 19.5 Å². The number of hydrogen-bond acceptors (Lipinski definition) is 3. The first kappa shape index (κ1) is 21.6. The van der Waals surface area contributed by atoms with E-state index in [1.807, 2.05) is 37.3 Å². The van der Waals surface area contributed by atoms with E-state index in [4.69, 9.17) is 9.72 Å². The minimum atomic E-state index is 0.0587. The maximum Gasteiger partial charge on any atom is 0.224 e. The Morgan fingerprint density at radius 1 is 1.10 bits per heavy atom. The number of ether oxygens (including phenoxy) is 1. The summed E-state index contributed by atoms with van der Waals surface area (Å²) in [6.45, 7) is 7.62. The van der Waals surface area contributed by atoms with Gasteiger partial charge >= 0.3 is 0 Å². The minimum Gasteiger partial charge on any atom is -0.497 e. The van der Waals surface area contributed by atoms with E-state index in [1.165, 1.54) is 5.52 Å². The number of amides is 1. The molecule has 0 aliphatic rings. The lowest BCUT2D eigenvalue weighted by Gasteiger charge is -2.09. The fraction of sp³-hybridized carbons (Fsp3) is 0.360. The first-order valence-electron chi connectivity index (χ1n) is 10.5. The van der Waals surface area contributed by atoms with Crippen molar-refractivity contribution in [2.75, 3.05) is 13.7 Å². The van der Waals surface area contributed by atoms with Crippen molar-refractivity contribution >= 4 is 16.9 Å². The number of imidazole rings is 1. The molecule has 0 spiro atoms. The Kier molecular flexibility index (Phi) is 7.66. The molecule has 0 saturated carbocycles. The Labute approximate surface area is 178 Å². The molecule has 5 nitrogen and oxygen atoms in total. The molecule has 0 atom stereocenters. The summed E-state index contributed by atoms with van der Waals surface area (Å²) < 4.78 is 7.41. The van der Waals surface area contributed by atoms with Crippen molar-refractivity contribution in [3.05, 3.63) is 72.1 Å². The first-order chi connectivity index (χ1) is 14.6. The highest BCUT2D eigenvalue weighted by Gasteiger charge is 2.10. The van der Waals surface area contributed by atoms with E-state index < -0.39 is 0 Å². The van der Waals surface area contributed by atoms with Gasteiger partial charge in [-0.1, -0.05) is 42.8 Å². The van der Waals surface area contributed by atoms with Crippen molar-refractivity contribution in [3.63, 3.8) is 0 Å². The standard InChI is InChI=1S/C25H31N3O2/c1-19(2)18-28-23-10-7-6-9-22(23)27-24(28)11-5-4-8-16-26-25(29)17-20-12-14-21(30-3)15-13-20/h6-7,9-10,12-15H,1,4-5,8,11,16-18H2,2-3H3,(H,26,29). The second kappa shape index (κ2) is 10.6. The number of nitrogens with one attached hydrogen (secondary N) is 1. The van der Waals surface area contributed by atoms with Crippen LogP contribution in [0.1, 0.15) is 37.6 Å². The number of benzene rings is 2. The summed E-state index contributed by atoms with van der Waals surface area (Å²) in [6, 6.07) is 15.9. The van der Waals surface area contributed by atoms with Crippen LogP contribution in [0.2, 0.25) is 0 Å². The average Bonchev–Trinajstić information content (AvgIpc) is 3.08. The number of aromatic nitrogens is 2. The van der Waals surface area contributed by atoms with Crippen LogP contribution in [0.4, 0.5) is 0 Å². The molecule has 30 heavy (non-hydrogen) atoms. The van der Waals surface area contributed by atoms with E-state index >= 15 is 0 Å². The summed E-state index contributed by atoms with van der Waals surface area (Å²) in [7, 11) is 1.64. The lowest BCUT2D eigenvalue weighted by Crippen LogP contribution is -2.26. The van der Waals surface area contributed by atoms with Crippen molar-refractivity contribution in [3.8, 4) is 5.75 Å². The number of hydrogen-bond donors (Lipinski definition) is 1. The third-order valence-electron chi connectivity index (χ3n) is 5.08. The third kappa shape index (κ3) is 5.96. The van der Waals surface area contributed by atoms with Gasteiger partial charge < -0.3 is 14.6 Å². The number of fused-ring (bicyclic) bond motifs is 1. The number of rotatable bonds is 11. The molecular weight excluding hydrogens is 374 g/mol. The third-order valence-corrected chi connectivity index (χ3v) is 5.08. The van der Waals surface area contributed by atoms with Gasteiger partial charge in [0.1, 0.15) is 11.6 Å². The maximum absolute atomic E-state index is 12.1. The van der Waals surface area contributed by atoms with E-state index in [-0.39, 0.29) is 5.91 Å². The highest BCUT2D eigenvalue weighted by molar-refractivity contribution is 5.78. The van der Waals surface area contributed by atoms with Crippen molar-refractivity contribution < 1.29 is 9.53 Å². The normalized spacial score (nSPS) is 10.9. The number of nitrogens with zero attached hydrogens (tertiary/aromatic N) is 2. The van der Waals surface area contributed by atoms with E-state index in [1.54, 1.807) is 7.11 Å². The molecule has 0 aliphatic carbocycles. The summed E-state index contributed by atoms with van der Waals surface area (Å²) >= 11 is 0. The zero-order chi connectivity index (χ0) is 21.3. The fourth-order valence-electron chi connectivity index (χ4n) is 3.57. The van der Waals surface area contributed by atoms with Crippen LogP contribution in [0.15, 0.2) is 60.7 Å². The van der Waals surface area contributed by atoms with Gasteiger partial charge in [0.05, 0.1) is 24.6 Å². The Bertz CT molecular complexity index is 989. The molecule has 5 heteroatoms. The number of para-hydroxylation sites is 2. The lowest BCUT2D eigenvalue weighted by molar-refractivity contribution is -0.120. The summed E-state index contributed by atoms with van der Waals surface area (Å²) in [5, 5.41) is 3.01. The van der Waals surface area contributed by atoms with Gasteiger partial charge in [-0.05, 0) is 49.6 Å². The molecule has 0 aliphatic heterocycles. The van der Waals surface area contributed by atoms with E-state index in [9.17, 15) is 4.79 Å². The monoisotopic (exact) mass is 405 g/mol. The second-order valence-electron chi connectivity index (χ2n) is 7.75. The summed E-state index contributed by atoms with van der Waals surface area (Å²) in [6.07, 6.45) is 4.40. The van der Waals surface area contributed by atoms with Crippen LogP contribution in [0.25, 0.3) is 11.0 Å². The first-order valence-corrected chi connectivity index (χ1v) is 10.5. The molecular formula is C25H31N3O2. The molecule has 1 heterocycles. The van der Waals surface area contributed by atoms with Gasteiger partial charge in [0.25, 0.3) is 0 Å². The predicted octanol–water partition coefficient (Wildman–Crippen LogP) is 4.69. The van der Waals surface area contributed by atoms with Gasteiger partial charge in [-0.2, -0.15) is 0 Å². The molecule has 158 valence electrons. The molecule has 0 bridgehead atoms. The van der Waals surface area contributed by atoms with Gasteiger partial charge in [-0.15, -0.1) is 0 Å². The van der Waals surface area contributed by atoms with Gasteiger partial charge in [-0.3, -0.25) is 4.79 Å². The number of aryl methyl sites for hydroxylation is 1. The quantitative estimate of drug-likeness (QED) is 0.372. The number of methoxy groups -OCH3 is 1. The molecule has 1 amide bonds. The topological polar surface area (TPSA) is 56.2 Å². The molecule has 2 aromatic carbocycles. The highest BCUT2D eigenvalue weighted by Crippen LogP contribution is 2.19. The Balaban J connectivity index is 1.41. The Hall–Kier alpha value is -3.08. The van der Waals surface area contributed by atoms with Crippen LogP contribution < -0.4 is 10.1 Å². The van der Waals surface area contributed by atoms with Gasteiger partial charge in [-0.25, -0.2) is 4.98 Å². The Morgan fingerprint density at radius 2 is 1.87 bits per heavy atom. The van der Waals surface area contributed by atoms with Crippen LogP contribution >= 0.6 is 0 Å². The van der Waals surface area contributed by atoms with Gasteiger partial charge in [0.2, 0.25) is 5.91 Å². The van der Waals surface area contributed by atoms with Crippen LogP contribution in [-0.2, 0) is 24.2 Å². The zero-order valence-corrected chi connectivity index (χ0v) is 18.0. The smallest absolute Gasteiger partial charge is 0.224 e. The molecule has 0 saturated heterocycles. The van der Waals surface area contributed by atoms with Crippen LogP contribution in [-0.4, -0.2) is 29.1 Å². The minimum absolute atomic E-state index is 0.0587. The average molecular weight is 406 g/mol. The summed E-state index contributed by atoms with van der Waals surface area (Å²) in [5.41, 5.74) is 4.32. The molecule has 1 N–H and O–H groups in total. The van der Waals surface area contributed by atoms with Crippen LogP contribution in [0, 0.1) is 0 Å². The SMILES string of the molecule is C=C(C)Cn1c(CCCCCNC(=O)Cc2ccc(OC)cc2)nc2ccccc21. The van der Waals surface area contributed by atoms with Crippen molar-refractivity contribution in [1.82, 2.24) is 14.9 Å². The zero-order valence-electron chi connectivity index (χ0n) is 18.0. The van der Waals surface area contributed by atoms with Crippen molar-refractivity contribution in [2.45, 2.75) is 45.6 Å².